The van der Waals surface area contributed by atoms with E-state index in [4.69, 9.17) is 0 Å². The van der Waals surface area contributed by atoms with E-state index in [0.717, 1.165) is 17.8 Å². The van der Waals surface area contributed by atoms with Crippen molar-refractivity contribution in [1.29, 1.82) is 0 Å². The normalized spacial score (nSPS) is 12.3. The molecule has 28 heavy (non-hydrogen) atoms. The number of benzene rings is 1. The Kier molecular flexibility index (Phi) is 4.80. The van der Waals surface area contributed by atoms with Gasteiger partial charge in [0.15, 0.2) is 5.82 Å². The van der Waals surface area contributed by atoms with E-state index in [1.165, 1.54) is 15.6 Å². The van der Waals surface area contributed by atoms with Gasteiger partial charge in [-0.15, -0.1) is 21.5 Å². The van der Waals surface area contributed by atoms with Crippen molar-refractivity contribution in [2.45, 2.75) is 31.4 Å². The van der Waals surface area contributed by atoms with Crippen LogP contribution < -0.4 is 4.31 Å². The molecule has 0 N–H and O–H groups in total. The molecular weight excluding hydrogens is 394 g/mol. The maximum absolute atomic E-state index is 13.2. The van der Waals surface area contributed by atoms with E-state index in [0.29, 0.717) is 22.9 Å². The molecule has 0 fully saturated rings. The Hall–Kier alpha value is -2.52. The maximum atomic E-state index is 13.2. The average Bonchev–Trinajstić information content (AvgIpc) is 3.32. The lowest BCUT2D eigenvalue weighted by Crippen LogP contribution is -2.31. The molecule has 3 heterocycles. The van der Waals surface area contributed by atoms with Crippen molar-refractivity contribution < 1.29 is 8.42 Å². The third-order valence-corrected chi connectivity index (χ3v) is 7.67. The first kappa shape index (κ1) is 18.8. The van der Waals surface area contributed by atoms with E-state index in [1.54, 1.807) is 24.4 Å². The predicted octanol–water partition coefficient (Wildman–Crippen LogP) is 3.75. The van der Waals surface area contributed by atoms with Crippen LogP contribution in [0.2, 0.25) is 0 Å². The largest absolute Gasteiger partial charge is 0.275 e. The SMILES string of the molecule is CCN(c1nc2ccccc2n2c(CC(C)C)nnc12)S(=O)(=O)c1cccs1. The fourth-order valence-electron chi connectivity index (χ4n) is 3.24. The predicted molar refractivity (Wildman–Crippen MR) is 111 cm³/mol. The lowest BCUT2D eigenvalue weighted by molar-refractivity contribution is 0.593. The second kappa shape index (κ2) is 7.14. The molecular formula is C19H21N5O2S2. The third kappa shape index (κ3) is 3.04. The molecule has 3 aromatic heterocycles. The van der Waals surface area contributed by atoms with Crippen LogP contribution in [-0.4, -0.2) is 34.5 Å². The van der Waals surface area contributed by atoms with E-state index in [1.807, 2.05) is 28.7 Å². The van der Waals surface area contributed by atoms with E-state index in [2.05, 4.69) is 29.0 Å². The Morgan fingerprint density at radius 2 is 1.93 bits per heavy atom. The molecule has 0 amide bonds. The molecule has 4 aromatic rings. The molecule has 4 rings (SSSR count). The second-order valence-corrected chi connectivity index (χ2v) is 9.94. The lowest BCUT2D eigenvalue weighted by Gasteiger charge is -2.22. The number of sulfonamides is 1. The molecule has 7 nitrogen and oxygen atoms in total. The number of hydrogen-bond acceptors (Lipinski definition) is 6. The number of hydrogen-bond donors (Lipinski definition) is 0. The first-order chi connectivity index (χ1) is 13.4. The topological polar surface area (TPSA) is 80.5 Å². The fraction of sp³-hybridized carbons (Fsp3) is 0.316. The summed E-state index contributed by atoms with van der Waals surface area (Å²) >= 11 is 1.19. The number of para-hydroxylation sites is 2. The van der Waals surface area contributed by atoms with Crippen molar-refractivity contribution in [3.05, 3.63) is 47.6 Å². The molecule has 146 valence electrons. The smallest absolute Gasteiger partial charge is 0.274 e. The van der Waals surface area contributed by atoms with Gasteiger partial charge in [-0.05, 0) is 36.4 Å². The van der Waals surface area contributed by atoms with E-state index >= 15 is 0 Å². The number of fused-ring (bicyclic) bond motifs is 3. The van der Waals surface area contributed by atoms with Gasteiger partial charge in [0.25, 0.3) is 10.0 Å². The number of thiophene rings is 1. The van der Waals surface area contributed by atoms with Crippen LogP contribution in [0.25, 0.3) is 16.7 Å². The Morgan fingerprint density at radius 3 is 2.61 bits per heavy atom. The standard InChI is InChI=1S/C19H21N5O2S2/c1-4-23(28(25,26)17-10-7-11-27-17)18-19-22-21-16(12-13(2)3)24(19)15-9-6-5-8-14(15)20-18/h5-11,13H,4,12H2,1-3H3. The second-order valence-electron chi connectivity index (χ2n) is 6.90. The average molecular weight is 416 g/mol. The van der Waals surface area contributed by atoms with Gasteiger partial charge in [0.05, 0.1) is 11.0 Å². The number of aromatic nitrogens is 4. The van der Waals surface area contributed by atoms with Crippen molar-refractivity contribution in [3.8, 4) is 0 Å². The van der Waals surface area contributed by atoms with Crippen LogP contribution >= 0.6 is 11.3 Å². The molecule has 0 saturated carbocycles. The summed E-state index contributed by atoms with van der Waals surface area (Å²) in [7, 11) is -3.73. The molecule has 0 atom stereocenters. The first-order valence-corrected chi connectivity index (χ1v) is 11.4. The van der Waals surface area contributed by atoms with Gasteiger partial charge in [0.1, 0.15) is 10.0 Å². The Balaban J connectivity index is 2.02. The molecule has 0 aliphatic carbocycles. The molecule has 0 aliphatic heterocycles. The Bertz CT molecular complexity index is 1230. The van der Waals surface area contributed by atoms with Crippen molar-refractivity contribution in [2.24, 2.45) is 5.92 Å². The molecule has 0 saturated heterocycles. The van der Waals surface area contributed by atoms with E-state index in [-0.39, 0.29) is 10.8 Å². The summed E-state index contributed by atoms with van der Waals surface area (Å²) in [4.78, 5) is 4.67. The minimum atomic E-state index is -3.73. The summed E-state index contributed by atoms with van der Waals surface area (Å²) < 4.78 is 30.0. The van der Waals surface area contributed by atoms with Gasteiger partial charge in [-0.3, -0.25) is 4.40 Å². The van der Waals surface area contributed by atoms with Crippen molar-refractivity contribution in [1.82, 2.24) is 19.6 Å². The molecule has 0 unspecified atom stereocenters. The zero-order valence-corrected chi connectivity index (χ0v) is 17.5. The maximum Gasteiger partial charge on any atom is 0.275 e. The molecule has 0 spiro atoms. The van der Waals surface area contributed by atoms with Gasteiger partial charge < -0.3 is 0 Å². The summed E-state index contributed by atoms with van der Waals surface area (Å²) in [6.07, 6.45) is 0.735. The fourth-order valence-corrected chi connectivity index (χ4v) is 5.77. The van der Waals surface area contributed by atoms with Crippen LogP contribution in [0.3, 0.4) is 0 Å². The summed E-state index contributed by atoms with van der Waals surface area (Å²) in [6.45, 7) is 6.27. The monoisotopic (exact) mass is 415 g/mol. The van der Waals surface area contributed by atoms with Crippen LogP contribution in [0.5, 0.6) is 0 Å². The molecule has 0 aliphatic rings. The van der Waals surface area contributed by atoms with Gasteiger partial charge in [-0.1, -0.05) is 32.0 Å². The van der Waals surface area contributed by atoms with Crippen molar-refractivity contribution in [2.75, 3.05) is 10.8 Å². The Labute approximate surface area is 167 Å². The summed E-state index contributed by atoms with van der Waals surface area (Å²) in [5.74, 6) is 1.49. The zero-order chi connectivity index (χ0) is 19.9. The molecule has 9 heteroatoms. The third-order valence-electron chi connectivity index (χ3n) is 4.43. The van der Waals surface area contributed by atoms with Gasteiger partial charge in [0, 0.05) is 13.0 Å². The minimum Gasteiger partial charge on any atom is -0.274 e. The Morgan fingerprint density at radius 1 is 1.14 bits per heavy atom. The lowest BCUT2D eigenvalue weighted by atomic mass is 10.1. The number of rotatable bonds is 6. The highest BCUT2D eigenvalue weighted by Gasteiger charge is 2.29. The highest BCUT2D eigenvalue weighted by molar-refractivity contribution is 7.94. The van der Waals surface area contributed by atoms with Crippen LogP contribution in [-0.2, 0) is 16.4 Å². The van der Waals surface area contributed by atoms with Crippen LogP contribution in [0.15, 0.2) is 46.0 Å². The number of anilines is 1. The van der Waals surface area contributed by atoms with E-state index < -0.39 is 10.0 Å². The van der Waals surface area contributed by atoms with Crippen molar-refractivity contribution in [3.63, 3.8) is 0 Å². The molecule has 0 radical (unpaired) electrons. The molecule has 0 bridgehead atoms. The van der Waals surface area contributed by atoms with Crippen LogP contribution in [0, 0.1) is 5.92 Å². The van der Waals surface area contributed by atoms with Crippen LogP contribution in [0.4, 0.5) is 5.82 Å². The molecule has 1 aromatic carbocycles. The minimum absolute atomic E-state index is 0.244. The summed E-state index contributed by atoms with van der Waals surface area (Å²) in [6, 6.07) is 11.0. The zero-order valence-electron chi connectivity index (χ0n) is 15.9. The van der Waals surface area contributed by atoms with Gasteiger partial charge in [0.2, 0.25) is 5.65 Å². The first-order valence-electron chi connectivity index (χ1n) is 9.12. The quantitative estimate of drug-likeness (QED) is 0.479. The summed E-state index contributed by atoms with van der Waals surface area (Å²) in [5.41, 5.74) is 2.03. The number of nitrogens with zero attached hydrogens (tertiary/aromatic N) is 5. The van der Waals surface area contributed by atoms with Crippen LogP contribution in [0.1, 0.15) is 26.6 Å². The van der Waals surface area contributed by atoms with Gasteiger partial charge in [-0.2, -0.15) is 0 Å². The highest BCUT2D eigenvalue weighted by atomic mass is 32.2. The summed E-state index contributed by atoms with van der Waals surface area (Å²) in [5, 5.41) is 10.4. The van der Waals surface area contributed by atoms with E-state index in [9.17, 15) is 8.42 Å². The highest BCUT2D eigenvalue weighted by Crippen LogP contribution is 2.30. The van der Waals surface area contributed by atoms with Crippen molar-refractivity contribution >= 4 is 43.9 Å². The van der Waals surface area contributed by atoms with Gasteiger partial charge in [-0.25, -0.2) is 17.7 Å². The van der Waals surface area contributed by atoms with Gasteiger partial charge >= 0.3 is 0 Å².